The molecule has 0 radical (unpaired) electrons. The summed E-state index contributed by atoms with van der Waals surface area (Å²) >= 11 is 6.20. The number of methoxy groups -OCH3 is 1. The summed E-state index contributed by atoms with van der Waals surface area (Å²) in [6.07, 6.45) is 4.97. The fourth-order valence-corrected chi connectivity index (χ4v) is 4.90. The number of amides is 2. The molecule has 0 saturated heterocycles. The van der Waals surface area contributed by atoms with Crippen LogP contribution < -0.4 is 5.32 Å². The monoisotopic (exact) mass is 602 g/mol. The summed E-state index contributed by atoms with van der Waals surface area (Å²) in [5, 5.41) is 25.7. The van der Waals surface area contributed by atoms with Crippen LogP contribution in [0, 0.1) is 10.1 Å². The summed E-state index contributed by atoms with van der Waals surface area (Å²) in [6.45, 7) is 0.161. The third-order valence-electron chi connectivity index (χ3n) is 6.74. The van der Waals surface area contributed by atoms with Gasteiger partial charge in [-0.1, -0.05) is 23.7 Å². The standard InChI is InChI=1S/C28H23ClN8O6/c1-43-28(40)32-20-6-2-17(3-7-20)12-25(38)27-22-14-21(37(41)42)15-30-23(22)10-11-35(27)26(39)9-4-18-13-19(29)5-8-24(18)36-16-31-33-34-36/h2-9,13-16,27H,10-12H2,1H3,(H,32,40)/b9-4+. The van der Waals surface area contributed by atoms with E-state index in [1.54, 1.807) is 48.5 Å². The lowest BCUT2D eigenvalue weighted by Crippen LogP contribution is -2.43. The summed E-state index contributed by atoms with van der Waals surface area (Å²) < 4.78 is 6.00. The van der Waals surface area contributed by atoms with E-state index in [0.29, 0.717) is 45.2 Å². The van der Waals surface area contributed by atoms with E-state index in [-0.39, 0.29) is 24.4 Å². The molecule has 2 amide bonds. The minimum Gasteiger partial charge on any atom is -0.453 e. The number of anilines is 1. The highest BCUT2D eigenvalue weighted by molar-refractivity contribution is 6.30. The summed E-state index contributed by atoms with van der Waals surface area (Å²) in [5.74, 6) is -0.855. The normalized spacial score (nSPS) is 14.3. The zero-order valence-corrected chi connectivity index (χ0v) is 23.3. The first-order valence-electron chi connectivity index (χ1n) is 12.8. The molecule has 43 heavy (non-hydrogen) atoms. The fraction of sp³-hybridized carbons (Fsp3) is 0.179. The number of pyridine rings is 1. The van der Waals surface area contributed by atoms with Crippen LogP contribution in [0.2, 0.25) is 5.02 Å². The van der Waals surface area contributed by atoms with Crippen LogP contribution in [0.25, 0.3) is 11.8 Å². The number of Topliss-reactive ketones (excluding diaryl/α,β-unsaturated/α-hetero) is 1. The van der Waals surface area contributed by atoms with E-state index < -0.39 is 23.0 Å². The van der Waals surface area contributed by atoms with Crippen molar-refractivity contribution in [2.45, 2.75) is 18.9 Å². The van der Waals surface area contributed by atoms with E-state index in [9.17, 15) is 24.5 Å². The number of halogens is 1. The van der Waals surface area contributed by atoms with Gasteiger partial charge in [-0.15, -0.1) is 5.10 Å². The topological polar surface area (TPSA) is 175 Å². The van der Waals surface area contributed by atoms with Crippen LogP contribution in [0.1, 0.15) is 28.4 Å². The second-order valence-electron chi connectivity index (χ2n) is 9.42. The zero-order valence-electron chi connectivity index (χ0n) is 22.6. The number of hydrogen-bond donors (Lipinski definition) is 1. The third kappa shape index (κ3) is 6.54. The number of rotatable bonds is 8. The SMILES string of the molecule is COC(=O)Nc1ccc(CC(=O)C2c3cc([N+](=O)[O-])cnc3CCN2C(=O)/C=C/c2cc(Cl)ccc2-n2cnnn2)cc1. The van der Waals surface area contributed by atoms with Gasteiger partial charge in [0.25, 0.3) is 5.69 Å². The molecular weight excluding hydrogens is 580 g/mol. The number of ketones is 1. The molecule has 3 heterocycles. The van der Waals surface area contributed by atoms with Gasteiger partial charge >= 0.3 is 6.09 Å². The molecule has 1 N–H and O–H groups in total. The van der Waals surface area contributed by atoms with Gasteiger partial charge in [0.1, 0.15) is 18.6 Å². The minimum absolute atomic E-state index is 0.0868. The van der Waals surface area contributed by atoms with Crippen molar-refractivity contribution in [3.05, 3.63) is 105 Å². The smallest absolute Gasteiger partial charge is 0.411 e. The van der Waals surface area contributed by atoms with Gasteiger partial charge in [0.15, 0.2) is 5.78 Å². The second-order valence-corrected chi connectivity index (χ2v) is 9.85. The Morgan fingerprint density at radius 3 is 2.67 bits per heavy atom. The molecule has 0 bridgehead atoms. The highest BCUT2D eigenvalue weighted by Gasteiger charge is 2.36. The number of nitrogens with one attached hydrogen (secondary N) is 1. The Morgan fingerprint density at radius 1 is 1.19 bits per heavy atom. The molecule has 1 atom stereocenters. The number of nitrogens with zero attached hydrogens (tertiary/aromatic N) is 7. The molecule has 0 saturated carbocycles. The Kier molecular flexibility index (Phi) is 8.48. The van der Waals surface area contributed by atoms with E-state index in [1.807, 2.05) is 0 Å². The molecule has 1 unspecified atom stereocenters. The molecule has 15 heteroatoms. The van der Waals surface area contributed by atoms with Crippen LogP contribution in [0.4, 0.5) is 16.2 Å². The van der Waals surface area contributed by atoms with Crippen molar-refractivity contribution in [2.24, 2.45) is 0 Å². The second kappa shape index (κ2) is 12.6. The molecule has 0 aliphatic carbocycles. The van der Waals surface area contributed by atoms with Gasteiger partial charge in [-0.05, 0) is 52.4 Å². The lowest BCUT2D eigenvalue weighted by Gasteiger charge is -2.35. The average Bonchev–Trinajstić information content (AvgIpc) is 3.54. The van der Waals surface area contributed by atoms with Crippen molar-refractivity contribution >= 4 is 46.8 Å². The van der Waals surface area contributed by atoms with Gasteiger partial charge in [-0.25, -0.2) is 4.79 Å². The summed E-state index contributed by atoms with van der Waals surface area (Å²) in [7, 11) is 1.24. The van der Waals surface area contributed by atoms with Crippen LogP contribution >= 0.6 is 11.6 Å². The van der Waals surface area contributed by atoms with Crippen LogP contribution in [-0.2, 0) is 27.2 Å². The summed E-state index contributed by atoms with van der Waals surface area (Å²) in [6, 6.07) is 11.7. The number of ether oxygens (including phenoxy) is 1. The highest BCUT2D eigenvalue weighted by Crippen LogP contribution is 2.33. The zero-order chi connectivity index (χ0) is 30.5. The van der Waals surface area contributed by atoms with Gasteiger partial charge in [0, 0.05) is 59.1 Å². The van der Waals surface area contributed by atoms with Gasteiger partial charge in [-0.3, -0.25) is 30.0 Å². The van der Waals surface area contributed by atoms with Crippen molar-refractivity contribution in [3.8, 4) is 5.69 Å². The van der Waals surface area contributed by atoms with Gasteiger partial charge in [-0.2, -0.15) is 4.68 Å². The summed E-state index contributed by atoms with van der Waals surface area (Å²) in [4.78, 5) is 55.5. The van der Waals surface area contributed by atoms with Crippen LogP contribution in [0.3, 0.4) is 0 Å². The van der Waals surface area contributed by atoms with Crippen molar-refractivity contribution in [2.75, 3.05) is 19.0 Å². The van der Waals surface area contributed by atoms with Gasteiger partial charge in [0.05, 0.1) is 17.7 Å². The molecule has 2 aromatic carbocycles. The molecule has 1 aliphatic heterocycles. The molecule has 1 aliphatic rings. The predicted octanol–water partition coefficient (Wildman–Crippen LogP) is 3.75. The highest BCUT2D eigenvalue weighted by atomic mass is 35.5. The number of carbonyl (C=O) groups is 3. The minimum atomic E-state index is -1.13. The lowest BCUT2D eigenvalue weighted by molar-refractivity contribution is -0.385. The predicted molar refractivity (Wildman–Crippen MR) is 153 cm³/mol. The van der Waals surface area contributed by atoms with Gasteiger partial charge < -0.3 is 9.64 Å². The maximum Gasteiger partial charge on any atom is 0.411 e. The number of hydrogen-bond acceptors (Lipinski definition) is 10. The summed E-state index contributed by atoms with van der Waals surface area (Å²) in [5.41, 5.74) is 2.71. The average molecular weight is 603 g/mol. The molecule has 2 aromatic heterocycles. The molecular formula is C28H23ClN8O6. The van der Waals surface area contributed by atoms with Gasteiger partial charge in [0.2, 0.25) is 5.91 Å². The molecule has 5 rings (SSSR count). The Balaban J connectivity index is 1.45. The molecule has 0 fully saturated rings. The first kappa shape index (κ1) is 29.0. The van der Waals surface area contributed by atoms with Crippen molar-refractivity contribution < 1.29 is 24.0 Å². The molecule has 0 spiro atoms. The van der Waals surface area contributed by atoms with Crippen LogP contribution in [-0.4, -0.2) is 66.5 Å². The number of benzene rings is 2. The first-order valence-corrected chi connectivity index (χ1v) is 13.2. The lowest BCUT2D eigenvalue weighted by atomic mass is 9.90. The molecule has 14 nitrogen and oxygen atoms in total. The van der Waals surface area contributed by atoms with Crippen LogP contribution in [0.15, 0.2) is 67.1 Å². The maximum absolute atomic E-state index is 13.8. The molecule has 4 aromatic rings. The number of fused-ring (bicyclic) bond motifs is 1. The Hall–Kier alpha value is -5.50. The van der Waals surface area contributed by atoms with Crippen molar-refractivity contribution in [1.29, 1.82) is 0 Å². The van der Waals surface area contributed by atoms with Crippen LogP contribution in [0.5, 0.6) is 0 Å². The Morgan fingerprint density at radius 2 is 1.98 bits per heavy atom. The quantitative estimate of drug-likeness (QED) is 0.177. The number of carbonyl (C=O) groups excluding carboxylic acids is 3. The van der Waals surface area contributed by atoms with E-state index in [4.69, 9.17) is 11.6 Å². The van der Waals surface area contributed by atoms with E-state index in [0.717, 1.165) is 6.20 Å². The largest absolute Gasteiger partial charge is 0.453 e. The van der Waals surface area contributed by atoms with Crippen molar-refractivity contribution in [3.63, 3.8) is 0 Å². The maximum atomic E-state index is 13.8. The Bertz CT molecular complexity index is 1730. The van der Waals surface area contributed by atoms with E-state index >= 15 is 0 Å². The molecule has 218 valence electrons. The number of aromatic nitrogens is 5. The third-order valence-corrected chi connectivity index (χ3v) is 6.97. The number of tetrazole rings is 1. The van der Waals surface area contributed by atoms with E-state index in [1.165, 1.54) is 35.2 Å². The van der Waals surface area contributed by atoms with Crippen molar-refractivity contribution in [1.82, 2.24) is 30.1 Å². The first-order chi connectivity index (χ1) is 20.7. The number of nitro groups is 1. The van der Waals surface area contributed by atoms with E-state index in [2.05, 4.69) is 30.6 Å². The fourth-order valence-electron chi connectivity index (χ4n) is 4.72. The Labute approximate surface area is 249 Å².